The molecular weight excluding hydrogens is 499 g/mol. The van der Waals surface area contributed by atoms with Crippen molar-refractivity contribution >= 4 is 22.8 Å². The van der Waals surface area contributed by atoms with Gasteiger partial charge in [0.15, 0.2) is 5.82 Å². The second kappa shape index (κ2) is 10.0. The van der Waals surface area contributed by atoms with Gasteiger partial charge in [-0.3, -0.25) is 0 Å². The Labute approximate surface area is 213 Å². The van der Waals surface area contributed by atoms with Crippen molar-refractivity contribution in [2.75, 3.05) is 17.2 Å². The van der Waals surface area contributed by atoms with E-state index >= 15 is 0 Å². The zero-order chi connectivity index (χ0) is 26.7. The van der Waals surface area contributed by atoms with Crippen LogP contribution in [0, 0.1) is 11.3 Å². The number of nitrogens with one attached hydrogen (secondary N) is 2. The Morgan fingerprint density at radius 2 is 1.79 bits per heavy atom. The summed E-state index contributed by atoms with van der Waals surface area (Å²) in [7, 11) is 0. The lowest BCUT2D eigenvalue weighted by atomic mass is 10.1. The number of phenolic OH excluding ortho intramolecular Hbond substituents is 1. The van der Waals surface area contributed by atoms with Crippen molar-refractivity contribution in [3.8, 4) is 28.8 Å². The summed E-state index contributed by atoms with van der Waals surface area (Å²) in [6.07, 6.45) is -1.47. The van der Waals surface area contributed by atoms with Crippen LogP contribution in [0.3, 0.4) is 0 Å². The third kappa shape index (κ3) is 5.44. The molecule has 5 rings (SSSR count). The standard InChI is InChI=1S/C25H18F3N9O/c26-25(27,28)12-32-23-22-20(7-6-19(34-22)16-3-8-21(38)17(9-16)10-29)35-24(36-23)31-11-15-1-4-18(5-2-15)37-14-30-13-33-37/h1-9,13-14,38H,11-12H2,(H2,31,32,35,36). The summed E-state index contributed by atoms with van der Waals surface area (Å²) in [5, 5.41) is 28.4. The number of benzene rings is 2. The van der Waals surface area contributed by atoms with Crippen LogP contribution in [-0.2, 0) is 6.54 Å². The molecule has 10 nitrogen and oxygen atoms in total. The molecule has 0 spiro atoms. The number of nitrogens with zero attached hydrogens (tertiary/aromatic N) is 7. The smallest absolute Gasteiger partial charge is 0.405 e. The molecular formula is C25H18F3N9O. The van der Waals surface area contributed by atoms with Crippen LogP contribution in [0.1, 0.15) is 11.1 Å². The first kappa shape index (κ1) is 24.4. The number of phenols is 1. The highest BCUT2D eigenvalue weighted by Gasteiger charge is 2.27. The summed E-state index contributed by atoms with van der Waals surface area (Å²) >= 11 is 0. The van der Waals surface area contributed by atoms with Gasteiger partial charge in [-0.1, -0.05) is 12.1 Å². The molecule has 0 fully saturated rings. The number of nitriles is 1. The largest absolute Gasteiger partial charge is 0.507 e. The number of aromatic hydroxyl groups is 1. The van der Waals surface area contributed by atoms with Gasteiger partial charge in [0, 0.05) is 12.1 Å². The second-order valence-corrected chi connectivity index (χ2v) is 8.13. The number of aromatic nitrogens is 6. The molecule has 0 aliphatic carbocycles. The van der Waals surface area contributed by atoms with Crippen molar-refractivity contribution in [2.24, 2.45) is 0 Å². The molecule has 190 valence electrons. The summed E-state index contributed by atoms with van der Waals surface area (Å²) in [6.45, 7) is -0.996. The predicted octanol–water partition coefficient (Wildman–Crippen LogP) is 4.44. The Hall–Kier alpha value is -5.25. The van der Waals surface area contributed by atoms with Gasteiger partial charge in [0.05, 0.1) is 22.5 Å². The first-order valence-corrected chi connectivity index (χ1v) is 11.2. The van der Waals surface area contributed by atoms with E-state index in [9.17, 15) is 23.5 Å². The molecule has 0 aliphatic heterocycles. The van der Waals surface area contributed by atoms with E-state index in [1.807, 2.05) is 30.3 Å². The number of rotatable bonds is 7. The first-order valence-electron chi connectivity index (χ1n) is 11.2. The van der Waals surface area contributed by atoms with Gasteiger partial charge in [-0.2, -0.15) is 28.5 Å². The Bertz CT molecular complexity index is 1630. The van der Waals surface area contributed by atoms with Crippen LogP contribution in [0.2, 0.25) is 0 Å². The number of alkyl halides is 3. The van der Waals surface area contributed by atoms with E-state index in [4.69, 9.17) is 0 Å². The second-order valence-electron chi connectivity index (χ2n) is 8.13. The van der Waals surface area contributed by atoms with Crippen molar-refractivity contribution in [1.29, 1.82) is 5.26 Å². The quantitative estimate of drug-likeness (QED) is 0.286. The topological polar surface area (TPSA) is 137 Å². The van der Waals surface area contributed by atoms with Gasteiger partial charge in [-0.05, 0) is 48.0 Å². The molecule has 3 heterocycles. The fourth-order valence-electron chi connectivity index (χ4n) is 3.64. The maximum Gasteiger partial charge on any atom is 0.405 e. The molecule has 13 heteroatoms. The Morgan fingerprint density at radius 3 is 2.50 bits per heavy atom. The van der Waals surface area contributed by atoms with Crippen molar-refractivity contribution in [3.63, 3.8) is 0 Å². The summed E-state index contributed by atoms with van der Waals surface area (Å²) in [5.74, 6) is -0.164. The molecule has 0 unspecified atom stereocenters. The van der Waals surface area contributed by atoms with E-state index in [0.717, 1.165) is 11.3 Å². The Balaban J connectivity index is 1.44. The van der Waals surface area contributed by atoms with Crippen LogP contribution in [0.5, 0.6) is 5.75 Å². The fraction of sp³-hybridized carbons (Fsp3) is 0.120. The molecule has 3 aromatic heterocycles. The van der Waals surface area contributed by atoms with Gasteiger partial charge in [0.1, 0.15) is 36.5 Å². The minimum atomic E-state index is -4.48. The van der Waals surface area contributed by atoms with E-state index in [2.05, 4.69) is 35.7 Å². The maximum absolute atomic E-state index is 13.0. The van der Waals surface area contributed by atoms with Crippen LogP contribution in [-0.4, -0.2) is 47.5 Å². The zero-order valence-corrected chi connectivity index (χ0v) is 19.5. The van der Waals surface area contributed by atoms with Gasteiger partial charge in [-0.15, -0.1) is 0 Å². The molecule has 2 aromatic carbocycles. The van der Waals surface area contributed by atoms with Gasteiger partial charge in [0.25, 0.3) is 0 Å². The van der Waals surface area contributed by atoms with Crippen molar-refractivity contribution < 1.29 is 18.3 Å². The van der Waals surface area contributed by atoms with Gasteiger partial charge in [-0.25, -0.2) is 19.6 Å². The summed E-state index contributed by atoms with van der Waals surface area (Å²) in [6, 6.07) is 16.9. The summed E-state index contributed by atoms with van der Waals surface area (Å²) < 4.78 is 40.6. The van der Waals surface area contributed by atoms with Crippen LogP contribution >= 0.6 is 0 Å². The molecule has 3 N–H and O–H groups in total. The van der Waals surface area contributed by atoms with Crippen LogP contribution in [0.15, 0.2) is 67.3 Å². The predicted molar refractivity (Wildman–Crippen MR) is 132 cm³/mol. The minimum Gasteiger partial charge on any atom is -0.507 e. The lowest BCUT2D eigenvalue weighted by Crippen LogP contribution is -2.22. The fourth-order valence-corrected chi connectivity index (χ4v) is 3.64. The molecule has 38 heavy (non-hydrogen) atoms. The van der Waals surface area contributed by atoms with Crippen molar-refractivity contribution in [3.05, 3.63) is 78.4 Å². The average molecular weight is 517 g/mol. The van der Waals surface area contributed by atoms with Crippen molar-refractivity contribution in [2.45, 2.75) is 12.7 Å². The van der Waals surface area contributed by atoms with E-state index in [1.165, 1.54) is 18.5 Å². The van der Waals surface area contributed by atoms with E-state index in [-0.39, 0.29) is 28.6 Å². The lowest BCUT2D eigenvalue weighted by Gasteiger charge is -2.14. The monoisotopic (exact) mass is 517 g/mol. The minimum absolute atomic E-state index is 0.0462. The van der Waals surface area contributed by atoms with E-state index < -0.39 is 12.7 Å². The normalized spacial score (nSPS) is 11.3. The number of hydrogen-bond donors (Lipinski definition) is 3. The third-order valence-electron chi connectivity index (χ3n) is 5.48. The molecule has 0 bridgehead atoms. The average Bonchev–Trinajstić information content (AvgIpc) is 3.46. The van der Waals surface area contributed by atoms with Crippen molar-refractivity contribution in [1.82, 2.24) is 29.7 Å². The van der Waals surface area contributed by atoms with E-state index in [0.29, 0.717) is 23.3 Å². The van der Waals surface area contributed by atoms with E-state index in [1.54, 1.807) is 29.2 Å². The zero-order valence-electron chi connectivity index (χ0n) is 19.5. The van der Waals surface area contributed by atoms with Gasteiger partial charge in [0.2, 0.25) is 5.95 Å². The van der Waals surface area contributed by atoms with Crippen LogP contribution in [0.25, 0.3) is 28.0 Å². The summed E-state index contributed by atoms with van der Waals surface area (Å²) in [4.78, 5) is 17.0. The molecule has 0 radical (unpaired) electrons. The molecule has 0 amide bonds. The Kier molecular flexibility index (Phi) is 6.44. The first-order chi connectivity index (χ1) is 18.3. The molecule has 0 atom stereocenters. The van der Waals surface area contributed by atoms with Crippen LogP contribution in [0.4, 0.5) is 24.9 Å². The summed E-state index contributed by atoms with van der Waals surface area (Å²) in [5.41, 5.74) is 3.07. The lowest BCUT2D eigenvalue weighted by molar-refractivity contribution is -0.115. The molecule has 5 aromatic rings. The number of anilines is 2. The highest BCUT2D eigenvalue weighted by atomic mass is 19.4. The molecule has 0 saturated heterocycles. The number of hydrogen-bond acceptors (Lipinski definition) is 9. The maximum atomic E-state index is 13.0. The number of pyridine rings is 1. The van der Waals surface area contributed by atoms with Crippen LogP contribution < -0.4 is 10.6 Å². The number of fused-ring (bicyclic) bond motifs is 1. The molecule has 0 saturated carbocycles. The highest BCUT2D eigenvalue weighted by Crippen LogP contribution is 2.29. The SMILES string of the molecule is N#Cc1cc(-c2ccc3nc(NCc4ccc(-n5cncn5)cc4)nc(NCC(F)(F)F)c3n2)ccc1O. The molecule has 0 aliphatic rings. The Morgan fingerprint density at radius 1 is 0.974 bits per heavy atom. The number of halogens is 3. The highest BCUT2D eigenvalue weighted by molar-refractivity contribution is 5.88. The third-order valence-corrected chi connectivity index (χ3v) is 5.48. The van der Waals surface area contributed by atoms with Gasteiger partial charge < -0.3 is 15.7 Å². The van der Waals surface area contributed by atoms with Gasteiger partial charge >= 0.3 is 6.18 Å².